The van der Waals surface area contributed by atoms with E-state index in [0.717, 1.165) is 12.6 Å². The van der Waals surface area contributed by atoms with Crippen molar-refractivity contribution in [2.75, 3.05) is 26.7 Å². The van der Waals surface area contributed by atoms with Gasteiger partial charge in [0.05, 0.1) is 13.1 Å². The first-order valence-electron chi connectivity index (χ1n) is 8.61. The molecule has 11 heteroatoms. The molecule has 0 unspecified atom stereocenters. The average Bonchev–Trinajstić information content (AvgIpc) is 3.12. The predicted molar refractivity (Wildman–Crippen MR) is 114 cm³/mol. The monoisotopic (exact) mass is 525 g/mol. The van der Waals surface area contributed by atoms with Crippen LogP contribution < -0.4 is 10.6 Å². The van der Waals surface area contributed by atoms with Crippen molar-refractivity contribution >= 4 is 35.8 Å². The van der Waals surface area contributed by atoms with E-state index in [1.165, 1.54) is 6.26 Å². The van der Waals surface area contributed by atoms with Crippen molar-refractivity contribution in [3.63, 3.8) is 0 Å². The standard InChI is InChI=1S/C18H22F3N5O2.HI/c1-3-22-17(24-10-15(27)26(2)12-18(19,20)21)23-9-14-11-28-16(25-14)13-7-5-4-6-8-13;/h4-8,11H,3,9-10,12H2,1-2H3,(H2,22,23,24);1H. The van der Waals surface area contributed by atoms with Gasteiger partial charge in [0.25, 0.3) is 0 Å². The molecule has 0 radical (unpaired) electrons. The summed E-state index contributed by atoms with van der Waals surface area (Å²) in [6.07, 6.45) is -2.95. The largest absolute Gasteiger partial charge is 0.444 e. The van der Waals surface area contributed by atoms with Gasteiger partial charge in [0.2, 0.25) is 11.8 Å². The smallest absolute Gasteiger partial charge is 0.406 e. The zero-order valence-corrected chi connectivity index (χ0v) is 18.3. The van der Waals surface area contributed by atoms with Crippen LogP contribution in [0.3, 0.4) is 0 Å². The molecule has 0 aliphatic heterocycles. The van der Waals surface area contributed by atoms with Crippen LogP contribution in [0.4, 0.5) is 13.2 Å². The highest BCUT2D eigenvalue weighted by Crippen LogP contribution is 2.18. The molecular weight excluding hydrogens is 502 g/mol. The van der Waals surface area contributed by atoms with Gasteiger partial charge in [-0.05, 0) is 19.1 Å². The van der Waals surface area contributed by atoms with Crippen molar-refractivity contribution in [1.29, 1.82) is 0 Å². The first kappa shape index (κ1) is 24.7. The van der Waals surface area contributed by atoms with E-state index in [-0.39, 0.29) is 37.1 Å². The highest BCUT2D eigenvalue weighted by molar-refractivity contribution is 14.0. The minimum atomic E-state index is -4.44. The fourth-order valence-corrected chi connectivity index (χ4v) is 2.25. The zero-order valence-electron chi connectivity index (χ0n) is 16.0. The Labute approximate surface area is 183 Å². The van der Waals surface area contributed by atoms with Crippen molar-refractivity contribution in [3.8, 4) is 11.5 Å². The van der Waals surface area contributed by atoms with E-state index >= 15 is 0 Å². The Kier molecular flexibility index (Phi) is 9.92. The number of aromatic nitrogens is 1. The first-order chi connectivity index (χ1) is 13.3. The van der Waals surface area contributed by atoms with Gasteiger partial charge in [0, 0.05) is 19.2 Å². The van der Waals surface area contributed by atoms with Crippen molar-refractivity contribution in [3.05, 3.63) is 42.3 Å². The second-order valence-corrected chi connectivity index (χ2v) is 5.92. The molecule has 0 aliphatic carbocycles. The lowest BCUT2D eigenvalue weighted by Crippen LogP contribution is -2.45. The van der Waals surface area contributed by atoms with E-state index < -0.39 is 18.6 Å². The number of rotatable bonds is 7. The summed E-state index contributed by atoms with van der Waals surface area (Å²) in [4.78, 5) is 21.1. The molecule has 0 fully saturated rings. The highest BCUT2D eigenvalue weighted by Gasteiger charge is 2.31. The number of carbonyl (C=O) groups is 1. The zero-order chi connectivity index (χ0) is 20.6. The number of carbonyl (C=O) groups excluding carboxylic acids is 1. The summed E-state index contributed by atoms with van der Waals surface area (Å²) in [7, 11) is 1.10. The molecule has 2 rings (SSSR count). The predicted octanol–water partition coefficient (Wildman–Crippen LogP) is 3.04. The molecule has 2 aromatic rings. The summed E-state index contributed by atoms with van der Waals surface area (Å²) in [5.41, 5.74) is 1.41. The Morgan fingerprint density at radius 2 is 1.93 bits per heavy atom. The van der Waals surface area contributed by atoms with Gasteiger partial charge < -0.3 is 20.0 Å². The van der Waals surface area contributed by atoms with Crippen molar-refractivity contribution < 1.29 is 22.4 Å². The molecule has 29 heavy (non-hydrogen) atoms. The molecule has 0 spiro atoms. The minimum absolute atomic E-state index is 0. The van der Waals surface area contributed by atoms with E-state index in [1.54, 1.807) is 0 Å². The minimum Gasteiger partial charge on any atom is -0.444 e. The number of alkyl halides is 3. The third-order valence-electron chi connectivity index (χ3n) is 3.57. The van der Waals surface area contributed by atoms with E-state index in [1.807, 2.05) is 37.3 Å². The number of nitrogens with zero attached hydrogens (tertiary/aromatic N) is 3. The second kappa shape index (κ2) is 11.6. The molecule has 7 nitrogen and oxygen atoms in total. The maximum Gasteiger partial charge on any atom is 0.406 e. The summed E-state index contributed by atoms with van der Waals surface area (Å²) in [5, 5.41) is 5.64. The number of halogens is 4. The maximum absolute atomic E-state index is 12.4. The van der Waals surface area contributed by atoms with Gasteiger partial charge in [-0.2, -0.15) is 13.2 Å². The van der Waals surface area contributed by atoms with E-state index in [2.05, 4.69) is 20.6 Å². The van der Waals surface area contributed by atoms with Gasteiger partial charge >= 0.3 is 6.18 Å². The lowest BCUT2D eigenvalue weighted by Gasteiger charge is -2.19. The maximum atomic E-state index is 12.4. The summed E-state index contributed by atoms with van der Waals surface area (Å²) in [6, 6.07) is 9.37. The van der Waals surface area contributed by atoms with Gasteiger partial charge in [-0.25, -0.2) is 9.98 Å². The molecule has 1 amide bonds. The van der Waals surface area contributed by atoms with E-state index in [4.69, 9.17) is 4.42 Å². The molecule has 0 saturated heterocycles. The van der Waals surface area contributed by atoms with Crippen LogP contribution >= 0.6 is 24.0 Å². The van der Waals surface area contributed by atoms with Crippen LogP contribution in [0.2, 0.25) is 0 Å². The number of amides is 1. The Morgan fingerprint density at radius 1 is 1.24 bits per heavy atom. The Hall–Kier alpha value is -2.31. The number of likely N-dealkylation sites (N-methyl/N-ethyl adjacent to an activating group) is 1. The third-order valence-corrected chi connectivity index (χ3v) is 3.57. The summed E-state index contributed by atoms with van der Waals surface area (Å²) in [5.74, 6) is 0.0592. The SMILES string of the molecule is CCNC(=NCc1coc(-c2ccccc2)n1)NCC(=O)N(C)CC(F)(F)F.I. The van der Waals surface area contributed by atoms with Gasteiger partial charge in [-0.1, -0.05) is 18.2 Å². The molecule has 2 N–H and O–H groups in total. The van der Waals surface area contributed by atoms with E-state index in [9.17, 15) is 18.0 Å². The number of hydrogen-bond donors (Lipinski definition) is 2. The first-order valence-corrected chi connectivity index (χ1v) is 8.61. The van der Waals surface area contributed by atoms with Gasteiger partial charge in [-0.3, -0.25) is 4.79 Å². The summed E-state index contributed by atoms with van der Waals surface area (Å²) >= 11 is 0. The van der Waals surface area contributed by atoms with Crippen LogP contribution in [-0.2, 0) is 11.3 Å². The molecule has 0 bridgehead atoms. The number of benzene rings is 1. The second-order valence-electron chi connectivity index (χ2n) is 5.92. The molecule has 1 aromatic carbocycles. The molecular formula is C18H23F3IN5O2. The number of aliphatic imine (C=N–C) groups is 1. The van der Waals surface area contributed by atoms with Gasteiger partial charge in [0.15, 0.2) is 5.96 Å². The molecule has 160 valence electrons. The number of hydrogen-bond acceptors (Lipinski definition) is 4. The quantitative estimate of drug-likeness (QED) is 0.330. The average molecular weight is 525 g/mol. The van der Waals surface area contributed by atoms with Crippen LogP contribution in [-0.4, -0.2) is 54.6 Å². The van der Waals surface area contributed by atoms with Crippen LogP contribution in [0.25, 0.3) is 11.5 Å². The topological polar surface area (TPSA) is 82.8 Å². The number of nitrogens with one attached hydrogen (secondary N) is 2. The van der Waals surface area contributed by atoms with Gasteiger partial charge in [-0.15, -0.1) is 24.0 Å². The van der Waals surface area contributed by atoms with Crippen LogP contribution in [0.15, 0.2) is 46.0 Å². The van der Waals surface area contributed by atoms with Crippen LogP contribution in [0.5, 0.6) is 0 Å². The van der Waals surface area contributed by atoms with Gasteiger partial charge in [0.1, 0.15) is 18.5 Å². The lowest BCUT2D eigenvalue weighted by atomic mass is 10.2. The van der Waals surface area contributed by atoms with Crippen molar-refractivity contribution in [1.82, 2.24) is 20.5 Å². The summed E-state index contributed by atoms with van der Waals surface area (Å²) < 4.78 is 42.5. The Balaban J connectivity index is 0.00000420. The lowest BCUT2D eigenvalue weighted by molar-refractivity contribution is -0.157. The Morgan fingerprint density at radius 3 is 2.55 bits per heavy atom. The molecule has 0 atom stereocenters. The normalized spacial score (nSPS) is 11.6. The van der Waals surface area contributed by atoms with Crippen molar-refractivity contribution in [2.45, 2.75) is 19.6 Å². The molecule has 1 aromatic heterocycles. The van der Waals surface area contributed by atoms with E-state index in [0.29, 0.717) is 29.0 Å². The van der Waals surface area contributed by atoms with Crippen LogP contribution in [0, 0.1) is 0 Å². The number of oxazole rings is 1. The highest BCUT2D eigenvalue weighted by atomic mass is 127. The van der Waals surface area contributed by atoms with Crippen LogP contribution in [0.1, 0.15) is 12.6 Å². The van der Waals surface area contributed by atoms with Crippen molar-refractivity contribution in [2.24, 2.45) is 4.99 Å². The fraction of sp³-hybridized carbons (Fsp3) is 0.389. The molecule has 1 heterocycles. The summed E-state index contributed by atoms with van der Waals surface area (Å²) in [6.45, 7) is 0.915. The number of guanidine groups is 1. The Bertz CT molecular complexity index is 796. The molecule has 0 saturated carbocycles. The fourth-order valence-electron chi connectivity index (χ4n) is 2.25. The molecule has 0 aliphatic rings. The third kappa shape index (κ3) is 8.71.